The van der Waals surface area contributed by atoms with Crippen LogP contribution in [0.25, 0.3) is 0 Å². The number of alkyl halides is 6. The lowest BCUT2D eigenvalue weighted by atomic mass is 10.0. The summed E-state index contributed by atoms with van der Waals surface area (Å²) in [5.74, 6) is -4.60. The molecule has 16 heteroatoms. The van der Waals surface area contributed by atoms with Crippen molar-refractivity contribution < 1.29 is 50.9 Å². The summed E-state index contributed by atoms with van der Waals surface area (Å²) in [6.45, 7) is 6.32. The number of carboxylic acid groups (broad SMARTS) is 2. The molecule has 0 aromatic carbocycles. The number of pyridine rings is 1. The zero-order chi connectivity index (χ0) is 28.0. The summed E-state index contributed by atoms with van der Waals surface area (Å²) in [6.07, 6.45) is -6.56. The quantitative estimate of drug-likeness (QED) is 0.551. The molecule has 0 spiro atoms. The standard InChI is InChI=1S/C17H20N4OS.2C2HF3O2/c1-12-19-15(11-23-12)9-20-7-14-8-21(17(22)16(14)10-20)6-13-3-2-4-18-5-13;2*3-2(4,5)1(6)7/h2-5,11,14,16H,6-10H2,1H3;2*(H,6,7)/t14-,16-;;/m0../s1. The second-order valence-corrected chi connectivity index (χ2v) is 9.17. The molecule has 0 saturated carbocycles. The Kier molecular flexibility index (Phi) is 9.97. The van der Waals surface area contributed by atoms with Crippen molar-refractivity contribution in [1.82, 2.24) is 19.8 Å². The number of carbonyl (C=O) groups excluding carboxylic acids is 1. The van der Waals surface area contributed by atoms with E-state index in [0.717, 1.165) is 42.4 Å². The van der Waals surface area contributed by atoms with E-state index in [1.807, 2.05) is 30.2 Å². The van der Waals surface area contributed by atoms with E-state index in [2.05, 4.69) is 20.2 Å². The van der Waals surface area contributed by atoms with Crippen LogP contribution in [0.3, 0.4) is 0 Å². The minimum Gasteiger partial charge on any atom is -0.475 e. The highest BCUT2D eigenvalue weighted by molar-refractivity contribution is 7.09. The highest BCUT2D eigenvalue weighted by Gasteiger charge is 2.46. The predicted molar refractivity (Wildman–Crippen MR) is 116 cm³/mol. The molecule has 2 aliphatic rings. The molecular weight excluding hydrogens is 534 g/mol. The summed E-state index contributed by atoms with van der Waals surface area (Å²) < 4.78 is 63.5. The fourth-order valence-electron chi connectivity index (χ4n) is 3.73. The fourth-order valence-corrected chi connectivity index (χ4v) is 4.33. The summed E-state index contributed by atoms with van der Waals surface area (Å²) >= 11 is 1.69. The number of carboxylic acids is 2. The third-order valence-electron chi connectivity index (χ3n) is 5.23. The number of aliphatic carboxylic acids is 2. The summed E-state index contributed by atoms with van der Waals surface area (Å²) in [6, 6.07) is 3.96. The first-order chi connectivity index (χ1) is 17.1. The van der Waals surface area contributed by atoms with Crippen molar-refractivity contribution in [3.05, 3.63) is 46.2 Å². The molecule has 4 rings (SSSR count). The Bertz CT molecular complexity index is 1060. The predicted octanol–water partition coefficient (Wildman–Crippen LogP) is 3.20. The van der Waals surface area contributed by atoms with Gasteiger partial charge in [0.15, 0.2) is 0 Å². The zero-order valence-corrected chi connectivity index (χ0v) is 20.0. The van der Waals surface area contributed by atoms with Crippen LogP contribution in [-0.4, -0.2) is 79.8 Å². The van der Waals surface area contributed by atoms with Crippen LogP contribution in [0.1, 0.15) is 16.3 Å². The van der Waals surface area contributed by atoms with E-state index in [4.69, 9.17) is 19.8 Å². The van der Waals surface area contributed by atoms with Gasteiger partial charge < -0.3 is 15.1 Å². The minimum absolute atomic E-state index is 0.159. The van der Waals surface area contributed by atoms with Crippen LogP contribution in [0, 0.1) is 18.8 Å². The molecular formula is C21H22F6N4O5S. The number of fused-ring (bicyclic) bond motifs is 1. The average molecular weight is 556 g/mol. The van der Waals surface area contributed by atoms with Crippen LogP contribution in [0.2, 0.25) is 0 Å². The Balaban J connectivity index is 0.000000286. The van der Waals surface area contributed by atoms with Crippen LogP contribution < -0.4 is 0 Å². The molecule has 2 aliphatic heterocycles. The maximum atomic E-state index is 12.7. The Labute approximate surface area is 210 Å². The maximum Gasteiger partial charge on any atom is 0.490 e. The van der Waals surface area contributed by atoms with Crippen LogP contribution in [0.4, 0.5) is 26.3 Å². The van der Waals surface area contributed by atoms with Gasteiger partial charge >= 0.3 is 24.3 Å². The van der Waals surface area contributed by atoms with Crippen LogP contribution >= 0.6 is 11.3 Å². The first-order valence-electron chi connectivity index (χ1n) is 10.5. The van der Waals surface area contributed by atoms with Crippen molar-refractivity contribution in [2.45, 2.75) is 32.4 Å². The van der Waals surface area contributed by atoms with Crippen molar-refractivity contribution in [3.8, 4) is 0 Å². The van der Waals surface area contributed by atoms with Crippen molar-refractivity contribution in [2.24, 2.45) is 11.8 Å². The first kappa shape index (κ1) is 30.0. The zero-order valence-electron chi connectivity index (χ0n) is 19.2. The van der Waals surface area contributed by atoms with E-state index < -0.39 is 24.3 Å². The third-order valence-corrected chi connectivity index (χ3v) is 6.06. The van der Waals surface area contributed by atoms with E-state index in [1.165, 1.54) is 0 Å². The molecule has 2 aromatic heterocycles. The van der Waals surface area contributed by atoms with Crippen molar-refractivity contribution >= 4 is 29.2 Å². The molecule has 9 nitrogen and oxygen atoms in total. The number of halogens is 6. The third kappa shape index (κ3) is 9.27. The number of nitrogens with zero attached hydrogens (tertiary/aromatic N) is 4. The molecule has 204 valence electrons. The summed E-state index contributed by atoms with van der Waals surface area (Å²) in [4.78, 5) is 43.5. The largest absolute Gasteiger partial charge is 0.490 e. The number of thiazole rings is 1. The lowest BCUT2D eigenvalue weighted by molar-refractivity contribution is -0.193. The summed E-state index contributed by atoms with van der Waals surface area (Å²) in [7, 11) is 0. The smallest absolute Gasteiger partial charge is 0.475 e. The van der Waals surface area contributed by atoms with Crippen molar-refractivity contribution in [2.75, 3.05) is 19.6 Å². The van der Waals surface area contributed by atoms with Crippen LogP contribution in [0.5, 0.6) is 0 Å². The molecule has 0 aliphatic carbocycles. The van der Waals surface area contributed by atoms with Crippen molar-refractivity contribution in [1.29, 1.82) is 0 Å². The number of aryl methyl sites for hydroxylation is 1. The molecule has 0 radical (unpaired) electrons. The average Bonchev–Trinajstić information content (AvgIpc) is 3.45. The molecule has 1 amide bonds. The second-order valence-electron chi connectivity index (χ2n) is 8.10. The molecule has 37 heavy (non-hydrogen) atoms. The van der Waals surface area contributed by atoms with Gasteiger partial charge in [-0.3, -0.25) is 14.7 Å². The SMILES string of the molecule is Cc1nc(CN2C[C@H]3CN(Cc4cccnc4)C(=O)[C@H]3C2)cs1.O=C(O)C(F)(F)F.O=C(O)C(F)(F)F. The van der Waals surface area contributed by atoms with Gasteiger partial charge in [0.2, 0.25) is 5.91 Å². The van der Waals surface area contributed by atoms with Gasteiger partial charge in [0, 0.05) is 56.4 Å². The minimum atomic E-state index is -5.08. The van der Waals surface area contributed by atoms with Gasteiger partial charge in [0.1, 0.15) is 0 Å². The summed E-state index contributed by atoms with van der Waals surface area (Å²) in [5.41, 5.74) is 2.24. The molecule has 2 saturated heterocycles. The lowest BCUT2D eigenvalue weighted by Crippen LogP contribution is -2.32. The number of hydrogen-bond donors (Lipinski definition) is 2. The summed E-state index contributed by atoms with van der Waals surface area (Å²) in [5, 5.41) is 17.5. The normalized spacial score (nSPS) is 19.4. The Morgan fingerprint density at radius 2 is 1.65 bits per heavy atom. The number of likely N-dealkylation sites (tertiary alicyclic amines) is 2. The number of aromatic nitrogens is 2. The Morgan fingerprint density at radius 3 is 2.08 bits per heavy atom. The Hall–Kier alpha value is -3.27. The van der Waals surface area contributed by atoms with Gasteiger partial charge in [0.05, 0.1) is 16.6 Å². The van der Waals surface area contributed by atoms with Gasteiger partial charge in [-0.25, -0.2) is 14.6 Å². The molecule has 0 unspecified atom stereocenters. The Morgan fingerprint density at radius 1 is 1.05 bits per heavy atom. The molecule has 2 aromatic rings. The fraction of sp³-hybridized carbons (Fsp3) is 0.476. The van der Waals surface area contributed by atoms with Gasteiger partial charge in [-0.2, -0.15) is 26.3 Å². The topological polar surface area (TPSA) is 124 Å². The monoisotopic (exact) mass is 556 g/mol. The van der Waals surface area contributed by atoms with E-state index in [1.54, 1.807) is 17.5 Å². The van der Waals surface area contributed by atoms with E-state index >= 15 is 0 Å². The maximum absolute atomic E-state index is 12.7. The van der Waals surface area contributed by atoms with Gasteiger partial charge in [-0.05, 0) is 18.6 Å². The highest BCUT2D eigenvalue weighted by Crippen LogP contribution is 2.33. The number of amides is 1. The van der Waals surface area contributed by atoms with Gasteiger partial charge in [-0.15, -0.1) is 11.3 Å². The van der Waals surface area contributed by atoms with E-state index in [-0.39, 0.29) is 5.92 Å². The van der Waals surface area contributed by atoms with Crippen molar-refractivity contribution in [3.63, 3.8) is 0 Å². The lowest BCUT2D eigenvalue weighted by Gasteiger charge is -2.21. The molecule has 2 atom stereocenters. The molecule has 0 bridgehead atoms. The molecule has 2 N–H and O–H groups in total. The van der Waals surface area contributed by atoms with Gasteiger partial charge in [-0.1, -0.05) is 6.07 Å². The van der Waals surface area contributed by atoms with Crippen LogP contribution in [-0.2, 0) is 27.5 Å². The van der Waals surface area contributed by atoms with E-state index in [9.17, 15) is 31.1 Å². The highest BCUT2D eigenvalue weighted by atomic mass is 32.1. The molecule has 2 fully saturated rings. The second kappa shape index (κ2) is 12.3. The number of rotatable bonds is 4. The van der Waals surface area contributed by atoms with Crippen LogP contribution in [0.15, 0.2) is 29.9 Å². The first-order valence-corrected chi connectivity index (χ1v) is 11.4. The number of carbonyl (C=O) groups is 3. The van der Waals surface area contributed by atoms with Gasteiger partial charge in [0.25, 0.3) is 0 Å². The number of hydrogen-bond acceptors (Lipinski definition) is 7. The molecule has 4 heterocycles. The van der Waals surface area contributed by atoms with E-state index in [0.29, 0.717) is 18.4 Å².